The van der Waals surface area contributed by atoms with Gasteiger partial charge in [-0.05, 0) is 35.7 Å². The minimum Gasteiger partial charge on any atom is -0.432 e. The first-order chi connectivity index (χ1) is 6.22. The lowest BCUT2D eigenvalue weighted by molar-refractivity contribution is 0.436. The molecule has 0 saturated heterocycles. The van der Waals surface area contributed by atoms with Crippen LogP contribution in [0.15, 0.2) is 12.3 Å². The minimum atomic E-state index is 0.0138. The molecule has 0 aromatic carbocycles. The summed E-state index contributed by atoms with van der Waals surface area (Å²) in [5.74, 6) is 0. The first-order valence-corrected chi connectivity index (χ1v) is 4.36. The number of hydrogen-bond acceptors (Lipinski definition) is 4. The summed E-state index contributed by atoms with van der Waals surface area (Å²) in [7, 11) is 0. The van der Waals surface area contributed by atoms with Crippen LogP contribution in [0.1, 0.15) is 13.3 Å². The van der Waals surface area contributed by atoms with Crippen LogP contribution in [0.3, 0.4) is 0 Å². The highest BCUT2D eigenvalue weighted by Gasteiger charge is 2.01. The minimum absolute atomic E-state index is 0.0138. The summed E-state index contributed by atoms with van der Waals surface area (Å²) in [4.78, 5) is 10.9. The summed E-state index contributed by atoms with van der Waals surface area (Å²) in [6.45, 7) is 1.98. The van der Waals surface area contributed by atoms with Gasteiger partial charge in [0.05, 0.1) is 6.26 Å². The van der Waals surface area contributed by atoms with Crippen molar-refractivity contribution in [3.05, 3.63) is 22.9 Å². The van der Waals surface area contributed by atoms with Crippen molar-refractivity contribution in [2.45, 2.75) is 13.3 Å². The molecule has 70 valence electrons. The van der Waals surface area contributed by atoms with E-state index in [4.69, 9.17) is 27.9 Å². The van der Waals surface area contributed by atoms with E-state index in [1.54, 1.807) is 0 Å². The molecule has 0 radical (unpaired) electrons. The van der Waals surface area contributed by atoms with Crippen LogP contribution in [-0.4, -0.2) is 15.0 Å². The van der Waals surface area contributed by atoms with Crippen molar-refractivity contribution in [3.8, 4) is 6.01 Å². The van der Waals surface area contributed by atoms with Crippen LogP contribution in [0.5, 0.6) is 6.01 Å². The maximum atomic E-state index is 5.51. The highest BCUT2D eigenvalue weighted by molar-refractivity contribution is 6.31. The average molecular weight is 220 g/mol. The Labute approximate surface area is 85.6 Å². The third-order valence-corrected chi connectivity index (χ3v) is 1.40. The van der Waals surface area contributed by atoms with Crippen LogP contribution >= 0.6 is 23.2 Å². The van der Waals surface area contributed by atoms with Gasteiger partial charge in [-0.25, -0.2) is 0 Å². The molecular weight excluding hydrogens is 213 g/mol. The SMILES string of the molecule is CCC=COc1nc(Cl)nc(Cl)n1. The van der Waals surface area contributed by atoms with Gasteiger partial charge in [0.15, 0.2) is 0 Å². The number of rotatable bonds is 3. The van der Waals surface area contributed by atoms with Crippen LogP contribution in [0.2, 0.25) is 10.6 Å². The molecule has 0 atom stereocenters. The standard InChI is InChI=1S/C7H7Cl2N3O/c1-2-3-4-13-7-11-5(8)10-6(9)12-7/h3-4H,2H2,1H3. The molecule has 4 nitrogen and oxygen atoms in total. The third-order valence-electron chi connectivity index (χ3n) is 1.07. The van der Waals surface area contributed by atoms with Gasteiger partial charge in [0.1, 0.15) is 0 Å². The van der Waals surface area contributed by atoms with E-state index in [1.165, 1.54) is 6.26 Å². The van der Waals surface area contributed by atoms with Crippen LogP contribution in [0.4, 0.5) is 0 Å². The predicted molar refractivity (Wildman–Crippen MR) is 49.9 cm³/mol. The fourth-order valence-electron chi connectivity index (χ4n) is 0.567. The van der Waals surface area contributed by atoms with Crippen molar-refractivity contribution in [1.82, 2.24) is 15.0 Å². The molecule has 1 aromatic heterocycles. The molecule has 0 aliphatic rings. The molecule has 0 aliphatic carbocycles. The van der Waals surface area contributed by atoms with Crippen LogP contribution in [0.25, 0.3) is 0 Å². The zero-order valence-electron chi connectivity index (χ0n) is 6.87. The third kappa shape index (κ3) is 3.57. The zero-order valence-corrected chi connectivity index (χ0v) is 8.38. The molecule has 0 bridgehead atoms. The van der Waals surface area contributed by atoms with Crippen molar-refractivity contribution in [1.29, 1.82) is 0 Å². The summed E-state index contributed by atoms with van der Waals surface area (Å²) >= 11 is 11.0. The van der Waals surface area contributed by atoms with E-state index in [0.29, 0.717) is 0 Å². The Morgan fingerprint density at radius 2 is 1.85 bits per heavy atom. The Balaban J connectivity index is 2.71. The zero-order chi connectivity index (χ0) is 9.68. The summed E-state index contributed by atoms with van der Waals surface area (Å²) in [6.07, 6.45) is 4.15. The van der Waals surface area contributed by atoms with Crippen molar-refractivity contribution in [2.75, 3.05) is 0 Å². The molecule has 13 heavy (non-hydrogen) atoms. The lowest BCUT2D eigenvalue weighted by atomic mass is 10.5. The molecule has 0 fully saturated rings. The topological polar surface area (TPSA) is 47.9 Å². The number of allylic oxidation sites excluding steroid dienone is 1. The van der Waals surface area contributed by atoms with Crippen LogP contribution < -0.4 is 4.74 Å². The number of aromatic nitrogens is 3. The maximum Gasteiger partial charge on any atom is 0.327 e. The van der Waals surface area contributed by atoms with Crippen molar-refractivity contribution < 1.29 is 4.74 Å². The molecule has 1 heterocycles. The van der Waals surface area contributed by atoms with E-state index in [-0.39, 0.29) is 16.6 Å². The van der Waals surface area contributed by atoms with Gasteiger partial charge in [-0.3, -0.25) is 0 Å². The molecule has 1 aromatic rings. The number of hydrogen-bond donors (Lipinski definition) is 0. The fourth-order valence-corrected chi connectivity index (χ4v) is 0.915. The van der Waals surface area contributed by atoms with E-state index >= 15 is 0 Å². The summed E-state index contributed by atoms with van der Waals surface area (Å²) < 4.78 is 5.00. The van der Waals surface area contributed by atoms with Gasteiger partial charge in [-0.1, -0.05) is 6.92 Å². The van der Waals surface area contributed by atoms with E-state index in [9.17, 15) is 0 Å². The normalized spacial score (nSPS) is 10.7. The van der Waals surface area contributed by atoms with E-state index in [0.717, 1.165) is 6.42 Å². The van der Waals surface area contributed by atoms with Gasteiger partial charge in [-0.15, -0.1) is 0 Å². The van der Waals surface area contributed by atoms with Crippen LogP contribution in [-0.2, 0) is 0 Å². The van der Waals surface area contributed by atoms with Gasteiger partial charge in [0, 0.05) is 0 Å². The van der Waals surface area contributed by atoms with Gasteiger partial charge < -0.3 is 4.74 Å². The quantitative estimate of drug-likeness (QED) is 0.734. The van der Waals surface area contributed by atoms with Gasteiger partial charge in [0.2, 0.25) is 10.6 Å². The van der Waals surface area contributed by atoms with Crippen molar-refractivity contribution in [2.24, 2.45) is 0 Å². The molecule has 6 heteroatoms. The van der Waals surface area contributed by atoms with Gasteiger partial charge in [-0.2, -0.15) is 15.0 Å². The highest BCUT2D eigenvalue weighted by Crippen LogP contribution is 2.11. The molecule has 0 N–H and O–H groups in total. The molecular formula is C7H7Cl2N3O. The molecule has 0 saturated carbocycles. The second-order valence-electron chi connectivity index (χ2n) is 2.05. The summed E-state index contributed by atoms with van der Waals surface area (Å²) in [6, 6.07) is 0.0923. The van der Waals surface area contributed by atoms with Crippen LogP contribution in [0, 0.1) is 0 Å². The lowest BCUT2D eigenvalue weighted by Gasteiger charge is -1.97. The lowest BCUT2D eigenvalue weighted by Crippen LogP contribution is -1.94. The van der Waals surface area contributed by atoms with E-state index < -0.39 is 0 Å². The summed E-state index contributed by atoms with van der Waals surface area (Å²) in [5.41, 5.74) is 0. The monoisotopic (exact) mass is 219 g/mol. The highest BCUT2D eigenvalue weighted by atomic mass is 35.5. The molecule has 1 rings (SSSR count). The number of halogens is 2. The van der Waals surface area contributed by atoms with Gasteiger partial charge in [0.25, 0.3) is 0 Å². The van der Waals surface area contributed by atoms with Crippen molar-refractivity contribution in [3.63, 3.8) is 0 Å². The molecule has 0 aliphatic heterocycles. The van der Waals surface area contributed by atoms with E-state index in [1.807, 2.05) is 13.0 Å². The molecule has 0 amide bonds. The fraction of sp³-hybridized carbons (Fsp3) is 0.286. The Kier molecular flexibility index (Phi) is 3.92. The number of nitrogens with zero attached hydrogens (tertiary/aromatic N) is 3. The first kappa shape index (κ1) is 10.2. The maximum absolute atomic E-state index is 5.51. The van der Waals surface area contributed by atoms with E-state index in [2.05, 4.69) is 15.0 Å². The van der Waals surface area contributed by atoms with Gasteiger partial charge >= 0.3 is 6.01 Å². The Morgan fingerprint density at radius 1 is 1.23 bits per heavy atom. The Bertz CT molecular complexity index is 296. The Morgan fingerprint density at radius 3 is 2.38 bits per heavy atom. The second kappa shape index (κ2) is 4.99. The Hall–Kier alpha value is -0.870. The predicted octanol–water partition coefficient (Wildman–Crippen LogP) is 2.48. The second-order valence-corrected chi connectivity index (χ2v) is 2.73. The summed E-state index contributed by atoms with van der Waals surface area (Å²) in [5, 5.41) is 0.0276. The molecule has 0 unspecified atom stereocenters. The first-order valence-electron chi connectivity index (χ1n) is 3.61. The van der Waals surface area contributed by atoms with Crippen molar-refractivity contribution >= 4 is 23.2 Å². The smallest absolute Gasteiger partial charge is 0.327 e. The average Bonchev–Trinajstić information content (AvgIpc) is 2.03. The largest absolute Gasteiger partial charge is 0.432 e. The molecule has 0 spiro atoms. The number of ether oxygens (including phenoxy) is 1.